The third-order valence-corrected chi connectivity index (χ3v) is 2.89. The highest BCUT2D eigenvalue weighted by Crippen LogP contribution is 2.12. The van der Waals surface area contributed by atoms with Crippen molar-refractivity contribution in [2.45, 2.75) is 45.8 Å². The molecule has 16 heavy (non-hydrogen) atoms. The first kappa shape index (κ1) is 13.5. The summed E-state index contributed by atoms with van der Waals surface area (Å²) in [6.45, 7) is 11.0. The fourth-order valence-electron chi connectivity index (χ4n) is 2.09. The molecule has 0 aliphatic carbocycles. The lowest BCUT2D eigenvalue weighted by Crippen LogP contribution is -2.55. The van der Waals surface area contributed by atoms with Gasteiger partial charge in [0, 0.05) is 19.7 Å². The monoisotopic (exact) mass is 228 g/mol. The van der Waals surface area contributed by atoms with Gasteiger partial charge in [0.25, 0.3) is 0 Å². The second-order valence-electron chi connectivity index (χ2n) is 4.94. The first-order valence-corrected chi connectivity index (χ1v) is 6.13. The molecule has 1 rings (SSSR count). The van der Waals surface area contributed by atoms with Gasteiger partial charge in [-0.1, -0.05) is 6.92 Å². The molecule has 1 fully saturated rings. The van der Waals surface area contributed by atoms with Gasteiger partial charge in [0.15, 0.2) is 0 Å². The largest absolute Gasteiger partial charge is 0.377 e. The number of nitrogens with one attached hydrogen (secondary N) is 1. The van der Waals surface area contributed by atoms with Crippen molar-refractivity contribution in [2.75, 3.05) is 26.2 Å². The number of ether oxygens (including phenoxy) is 1. The summed E-state index contributed by atoms with van der Waals surface area (Å²) in [6.07, 6.45) is 1.07. The predicted octanol–water partition coefficient (Wildman–Crippen LogP) is 1.01. The molecule has 0 saturated carbocycles. The lowest BCUT2D eigenvalue weighted by Gasteiger charge is -2.32. The van der Waals surface area contributed by atoms with E-state index in [4.69, 9.17) is 4.74 Å². The predicted molar refractivity (Wildman–Crippen MR) is 64.4 cm³/mol. The molecule has 0 aromatic rings. The van der Waals surface area contributed by atoms with E-state index in [-0.39, 0.29) is 12.0 Å². The number of carbonyl (C=O) groups is 1. The molecule has 0 aromatic carbocycles. The van der Waals surface area contributed by atoms with Gasteiger partial charge < -0.3 is 15.0 Å². The van der Waals surface area contributed by atoms with Crippen LogP contribution < -0.4 is 5.32 Å². The summed E-state index contributed by atoms with van der Waals surface area (Å²) in [5.41, 5.74) is -0.473. The summed E-state index contributed by atoms with van der Waals surface area (Å²) in [4.78, 5) is 14.2. The first-order valence-electron chi connectivity index (χ1n) is 6.13. The zero-order chi connectivity index (χ0) is 12.2. The van der Waals surface area contributed by atoms with Gasteiger partial charge in [-0.2, -0.15) is 0 Å². The Labute approximate surface area is 98.3 Å². The summed E-state index contributed by atoms with van der Waals surface area (Å²) in [5.74, 6) is 0.173. The number of hydrogen-bond donors (Lipinski definition) is 1. The van der Waals surface area contributed by atoms with Crippen LogP contribution in [0.2, 0.25) is 0 Å². The van der Waals surface area contributed by atoms with E-state index in [0.717, 1.165) is 26.1 Å². The van der Waals surface area contributed by atoms with Crippen LogP contribution in [0.1, 0.15) is 34.1 Å². The molecule has 1 atom stereocenters. The molecule has 1 saturated heterocycles. The van der Waals surface area contributed by atoms with Crippen LogP contribution in [-0.4, -0.2) is 48.7 Å². The standard InChI is InChI=1S/C12H24N2O2/c1-5-13-12(3,4)11(15)14-7-6-8-16-10(2)9-14/h10,13H,5-9H2,1-4H3. The van der Waals surface area contributed by atoms with Gasteiger partial charge in [-0.15, -0.1) is 0 Å². The van der Waals surface area contributed by atoms with E-state index >= 15 is 0 Å². The molecule has 0 radical (unpaired) electrons. The molecule has 4 nitrogen and oxygen atoms in total. The quantitative estimate of drug-likeness (QED) is 0.784. The van der Waals surface area contributed by atoms with E-state index in [0.29, 0.717) is 6.54 Å². The van der Waals surface area contributed by atoms with Gasteiger partial charge in [0.05, 0.1) is 11.6 Å². The van der Waals surface area contributed by atoms with Crippen LogP contribution in [0, 0.1) is 0 Å². The van der Waals surface area contributed by atoms with E-state index in [1.165, 1.54) is 0 Å². The van der Waals surface area contributed by atoms with Crippen LogP contribution in [0.25, 0.3) is 0 Å². The van der Waals surface area contributed by atoms with Crippen molar-refractivity contribution in [2.24, 2.45) is 0 Å². The van der Waals surface area contributed by atoms with Crippen molar-refractivity contribution in [3.8, 4) is 0 Å². The molecule has 1 amide bonds. The molecule has 0 spiro atoms. The van der Waals surface area contributed by atoms with Crippen molar-refractivity contribution in [1.82, 2.24) is 10.2 Å². The van der Waals surface area contributed by atoms with E-state index < -0.39 is 5.54 Å². The van der Waals surface area contributed by atoms with Crippen LogP contribution in [0.15, 0.2) is 0 Å². The Bertz CT molecular complexity index is 241. The summed E-state index contributed by atoms with van der Waals surface area (Å²) >= 11 is 0. The minimum absolute atomic E-state index is 0.142. The first-order chi connectivity index (χ1) is 7.47. The molecule has 1 unspecified atom stereocenters. The molecule has 0 aromatic heterocycles. The molecule has 1 aliphatic heterocycles. The molecule has 1 aliphatic rings. The Kier molecular flexibility index (Phi) is 4.74. The van der Waals surface area contributed by atoms with Gasteiger partial charge in [-0.05, 0) is 33.7 Å². The van der Waals surface area contributed by atoms with Crippen LogP contribution in [0.4, 0.5) is 0 Å². The third-order valence-electron chi connectivity index (χ3n) is 2.89. The maximum atomic E-state index is 12.3. The topological polar surface area (TPSA) is 41.6 Å². The average Bonchev–Trinajstić information content (AvgIpc) is 2.41. The zero-order valence-electron chi connectivity index (χ0n) is 10.9. The number of amides is 1. The molecule has 1 N–H and O–H groups in total. The van der Waals surface area contributed by atoms with Gasteiger partial charge >= 0.3 is 0 Å². The van der Waals surface area contributed by atoms with E-state index in [1.54, 1.807) is 0 Å². The fraction of sp³-hybridized carbons (Fsp3) is 0.917. The zero-order valence-corrected chi connectivity index (χ0v) is 10.9. The van der Waals surface area contributed by atoms with Crippen molar-refractivity contribution in [3.63, 3.8) is 0 Å². The molecular weight excluding hydrogens is 204 g/mol. The van der Waals surface area contributed by atoms with Crippen molar-refractivity contribution >= 4 is 5.91 Å². The highest BCUT2D eigenvalue weighted by atomic mass is 16.5. The van der Waals surface area contributed by atoms with Crippen molar-refractivity contribution < 1.29 is 9.53 Å². The van der Waals surface area contributed by atoms with Gasteiger partial charge in [0.1, 0.15) is 0 Å². The van der Waals surface area contributed by atoms with Gasteiger partial charge in [-0.25, -0.2) is 0 Å². The Morgan fingerprint density at radius 3 is 2.88 bits per heavy atom. The Hall–Kier alpha value is -0.610. The number of rotatable bonds is 3. The Morgan fingerprint density at radius 2 is 2.25 bits per heavy atom. The van der Waals surface area contributed by atoms with Crippen molar-refractivity contribution in [3.05, 3.63) is 0 Å². The molecule has 1 heterocycles. The normalized spacial score (nSPS) is 23.0. The van der Waals surface area contributed by atoms with Gasteiger partial charge in [0.2, 0.25) is 5.91 Å². The molecule has 94 valence electrons. The SMILES string of the molecule is CCNC(C)(C)C(=O)N1CCCOC(C)C1. The minimum Gasteiger partial charge on any atom is -0.377 e. The summed E-state index contributed by atoms with van der Waals surface area (Å²) in [5, 5.41) is 3.22. The highest BCUT2D eigenvalue weighted by molar-refractivity contribution is 5.85. The van der Waals surface area contributed by atoms with Crippen LogP contribution in [0.5, 0.6) is 0 Å². The second-order valence-corrected chi connectivity index (χ2v) is 4.94. The summed E-state index contributed by atoms with van der Waals surface area (Å²) in [6, 6.07) is 0. The van der Waals surface area contributed by atoms with E-state index in [2.05, 4.69) is 5.32 Å². The maximum Gasteiger partial charge on any atom is 0.242 e. The smallest absolute Gasteiger partial charge is 0.242 e. The van der Waals surface area contributed by atoms with Crippen LogP contribution in [-0.2, 0) is 9.53 Å². The van der Waals surface area contributed by atoms with E-state index in [9.17, 15) is 4.79 Å². The number of likely N-dealkylation sites (N-methyl/N-ethyl adjacent to an activating group) is 1. The maximum absolute atomic E-state index is 12.3. The Morgan fingerprint density at radius 1 is 1.56 bits per heavy atom. The molecular formula is C12H24N2O2. The highest BCUT2D eigenvalue weighted by Gasteiger charge is 2.32. The fourth-order valence-corrected chi connectivity index (χ4v) is 2.09. The summed E-state index contributed by atoms with van der Waals surface area (Å²) in [7, 11) is 0. The average molecular weight is 228 g/mol. The van der Waals surface area contributed by atoms with Crippen LogP contribution >= 0.6 is 0 Å². The molecule has 0 bridgehead atoms. The Balaban J connectivity index is 2.64. The second kappa shape index (κ2) is 5.64. The lowest BCUT2D eigenvalue weighted by molar-refractivity contribution is -0.137. The van der Waals surface area contributed by atoms with E-state index in [1.807, 2.05) is 32.6 Å². The summed E-state index contributed by atoms with van der Waals surface area (Å²) < 4.78 is 5.54. The molecule has 4 heteroatoms. The number of hydrogen-bond acceptors (Lipinski definition) is 3. The number of nitrogens with zero attached hydrogens (tertiary/aromatic N) is 1. The van der Waals surface area contributed by atoms with Gasteiger partial charge in [-0.3, -0.25) is 4.79 Å². The number of carbonyl (C=O) groups excluding carboxylic acids is 1. The van der Waals surface area contributed by atoms with Crippen molar-refractivity contribution in [1.29, 1.82) is 0 Å². The van der Waals surface area contributed by atoms with Crippen LogP contribution in [0.3, 0.4) is 0 Å². The lowest BCUT2D eigenvalue weighted by atomic mass is 10.0. The minimum atomic E-state index is -0.473. The third kappa shape index (κ3) is 3.46.